The largest absolute Gasteiger partial charge is 0.383 e. The summed E-state index contributed by atoms with van der Waals surface area (Å²) in [6, 6.07) is 7.92. The molecule has 1 unspecified atom stereocenters. The number of hydrogen-bond donors (Lipinski definition) is 3. The Balaban J connectivity index is 2.12. The van der Waals surface area contributed by atoms with Crippen LogP contribution in [0.5, 0.6) is 0 Å². The fraction of sp³-hybridized carbons (Fsp3) is 0.476. The van der Waals surface area contributed by atoms with Gasteiger partial charge in [0.15, 0.2) is 0 Å². The molecule has 0 radical (unpaired) electrons. The van der Waals surface area contributed by atoms with E-state index in [1.165, 1.54) is 15.0 Å². The van der Waals surface area contributed by atoms with E-state index in [9.17, 15) is 14.4 Å². The lowest BCUT2D eigenvalue weighted by atomic mass is 10.1. The minimum absolute atomic E-state index is 0.0589. The number of carbonyl (C=O) groups excluding carboxylic acids is 1. The molecular weight excluding hydrogens is 370 g/mol. The Morgan fingerprint density at radius 1 is 1.24 bits per heavy atom. The zero-order chi connectivity index (χ0) is 21.6. The lowest BCUT2D eigenvalue weighted by Crippen LogP contribution is -2.41. The van der Waals surface area contributed by atoms with Crippen molar-refractivity contribution in [2.45, 2.75) is 52.6 Å². The number of H-pyrrole nitrogens is 1. The molecule has 1 aromatic carbocycles. The number of benzene rings is 1. The van der Waals surface area contributed by atoms with Gasteiger partial charge >= 0.3 is 5.69 Å². The highest BCUT2D eigenvalue weighted by Crippen LogP contribution is 2.16. The third-order valence-corrected chi connectivity index (χ3v) is 4.98. The fourth-order valence-corrected chi connectivity index (χ4v) is 3.19. The van der Waals surface area contributed by atoms with Crippen LogP contribution in [0.2, 0.25) is 0 Å². The summed E-state index contributed by atoms with van der Waals surface area (Å²) in [6.45, 7) is 6.35. The molecule has 0 aliphatic rings. The molecule has 0 saturated heterocycles. The van der Waals surface area contributed by atoms with Crippen molar-refractivity contribution < 1.29 is 4.79 Å². The number of aromatic amines is 1. The van der Waals surface area contributed by atoms with E-state index in [-0.39, 0.29) is 30.0 Å². The number of anilines is 2. The smallest absolute Gasteiger partial charge is 0.330 e. The van der Waals surface area contributed by atoms with Crippen molar-refractivity contribution in [1.82, 2.24) is 14.9 Å². The zero-order valence-corrected chi connectivity index (χ0v) is 17.6. The summed E-state index contributed by atoms with van der Waals surface area (Å²) in [7, 11) is 1.61. The summed E-state index contributed by atoms with van der Waals surface area (Å²) in [6.07, 6.45) is 2.60. The first-order valence-corrected chi connectivity index (χ1v) is 10.00. The van der Waals surface area contributed by atoms with E-state index < -0.39 is 11.2 Å². The first-order chi connectivity index (χ1) is 13.8. The third kappa shape index (κ3) is 5.49. The maximum absolute atomic E-state index is 12.5. The number of nitrogens with one attached hydrogen (secondary N) is 2. The average Bonchev–Trinajstić information content (AvgIpc) is 2.67. The van der Waals surface area contributed by atoms with Crippen molar-refractivity contribution in [2.75, 3.05) is 24.2 Å². The number of nitrogens with zero attached hydrogens (tertiary/aromatic N) is 2. The first-order valence-electron chi connectivity index (χ1n) is 10.00. The van der Waals surface area contributed by atoms with Gasteiger partial charge in [-0.25, -0.2) is 4.79 Å². The van der Waals surface area contributed by atoms with Gasteiger partial charge in [0.25, 0.3) is 5.56 Å². The van der Waals surface area contributed by atoms with Gasteiger partial charge in [0.1, 0.15) is 11.5 Å². The molecule has 29 heavy (non-hydrogen) atoms. The Kier molecular flexibility index (Phi) is 7.64. The minimum Gasteiger partial charge on any atom is -0.383 e. The van der Waals surface area contributed by atoms with E-state index in [1.54, 1.807) is 7.05 Å². The van der Waals surface area contributed by atoms with E-state index in [4.69, 9.17) is 5.73 Å². The summed E-state index contributed by atoms with van der Waals surface area (Å²) < 4.78 is 1.34. The van der Waals surface area contributed by atoms with E-state index in [2.05, 4.69) is 17.2 Å². The molecule has 8 heteroatoms. The topological polar surface area (TPSA) is 113 Å². The molecule has 4 N–H and O–H groups in total. The predicted molar refractivity (Wildman–Crippen MR) is 116 cm³/mol. The van der Waals surface area contributed by atoms with Crippen LogP contribution < -0.4 is 27.2 Å². The van der Waals surface area contributed by atoms with Gasteiger partial charge in [0, 0.05) is 13.6 Å². The van der Waals surface area contributed by atoms with Crippen LogP contribution in [0.25, 0.3) is 0 Å². The van der Waals surface area contributed by atoms with Crippen molar-refractivity contribution in [3.05, 3.63) is 56.2 Å². The number of likely N-dealkylation sites (N-methyl/N-ethyl adjacent to an activating group) is 1. The van der Waals surface area contributed by atoms with E-state index >= 15 is 0 Å². The molecule has 0 saturated carbocycles. The van der Waals surface area contributed by atoms with E-state index in [0.717, 1.165) is 24.8 Å². The Morgan fingerprint density at radius 2 is 1.90 bits per heavy atom. The number of aryl methyl sites for hydroxylation is 1. The number of nitrogens with two attached hydrogens (primary N) is 1. The molecule has 1 aromatic heterocycles. The molecule has 0 bridgehead atoms. The number of hydrogen-bond acceptors (Lipinski definition) is 5. The van der Waals surface area contributed by atoms with Crippen LogP contribution in [0.15, 0.2) is 33.9 Å². The number of unbranched alkanes of at least 4 members (excludes halogenated alkanes) is 1. The van der Waals surface area contributed by atoms with Crippen molar-refractivity contribution in [2.24, 2.45) is 0 Å². The van der Waals surface area contributed by atoms with Gasteiger partial charge in [0.05, 0.1) is 12.6 Å². The van der Waals surface area contributed by atoms with E-state index in [1.807, 2.05) is 38.1 Å². The standard InChI is InChI=1S/C21H31N5O3/c1-5-7-12-26-19(22)18(20(28)24-21(26)29)25(4)13-17(27)23-14(3)16-10-8-15(6-2)9-11-16/h8-11,14H,5-7,12-13,22H2,1-4H3,(H,23,27)(H,24,28,29). The number of aromatic nitrogens is 2. The lowest BCUT2D eigenvalue weighted by Gasteiger charge is -2.22. The summed E-state index contributed by atoms with van der Waals surface area (Å²) in [4.78, 5) is 40.6. The molecule has 1 amide bonds. The van der Waals surface area contributed by atoms with Gasteiger partial charge in [-0.2, -0.15) is 0 Å². The van der Waals surface area contributed by atoms with Crippen LogP contribution >= 0.6 is 0 Å². The minimum atomic E-state index is -0.598. The third-order valence-electron chi connectivity index (χ3n) is 4.98. The van der Waals surface area contributed by atoms with Gasteiger partial charge in [-0.15, -0.1) is 0 Å². The summed E-state index contributed by atoms with van der Waals surface area (Å²) in [5.74, 6) is -0.171. The maximum atomic E-state index is 12.5. The Morgan fingerprint density at radius 3 is 2.48 bits per heavy atom. The molecule has 8 nitrogen and oxygen atoms in total. The molecule has 0 fully saturated rings. The lowest BCUT2D eigenvalue weighted by molar-refractivity contribution is -0.120. The van der Waals surface area contributed by atoms with Crippen LogP contribution in [0.3, 0.4) is 0 Å². The Bertz CT molecular complexity index is 946. The molecule has 1 atom stereocenters. The molecule has 2 rings (SSSR count). The van der Waals surface area contributed by atoms with Crippen molar-refractivity contribution in [3.8, 4) is 0 Å². The maximum Gasteiger partial charge on any atom is 0.330 e. The van der Waals surface area contributed by atoms with Gasteiger partial charge in [-0.05, 0) is 30.9 Å². The molecule has 158 valence electrons. The summed E-state index contributed by atoms with van der Waals surface area (Å²) >= 11 is 0. The van der Waals surface area contributed by atoms with Crippen molar-refractivity contribution in [1.29, 1.82) is 0 Å². The molecule has 2 aromatic rings. The van der Waals surface area contributed by atoms with Crippen molar-refractivity contribution >= 4 is 17.4 Å². The number of carbonyl (C=O) groups is 1. The first kappa shape index (κ1) is 22.3. The second kappa shape index (κ2) is 9.95. The predicted octanol–water partition coefficient (Wildman–Crippen LogP) is 1.79. The average molecular weight is 402 g/mol. The van der Waals surface area contributed by atoms with Crippen LogP contribution in [0, 0.1) is 0 Å². The van der Waals surface area contributed by atoms with Crippen LogP contribution in [-0.4, -0.2) is 29.1 Å². The quantitative estimate of drug-likeness (QED) is 0.593. The highest BCUT2D eigenvalue weighted by atomic mass is 16.2. The zero-order valence-electron chi connectivity index (χ0n) is 17.6. The highest BCUT2D eigenvalue weighted by Gasteiger charge is 2.19. The second-order valence-electron chi connectivity index (χ2n) is 7.24. The van der Waals surface area contributed by atoms with E-state index in [0.29, 0.717) is 6.54 Å². The normalized spacial score (nSPS) is 11.9. The number of nitrogen functional groups attached to an aromatic ring is 1. The molecule has 1 heterocycles. The van der Waals surface area contributed by atoms with Gasteiger partial charge in [-0.1, -0.05) is 44.5 Å². The molecule has 0 aliphatic heterocycles. The number of rotatable bonds is 9. The van der Waals surface area contributed by atoms with Crippen LogP contribution in [0.4, 0.5) is 11.5 Å². The second-order valence-corrected chi connectivity index (χ2v) is 7.24. The van der Waals surface area contributed by atoms with Gasteiger partial charge in [-0.3, -0.25) is 19.1 Å². The summed E-state index contributed by atoms with van der Waals surface area (Å²) in [5, 5.41) is 2.93. The SMILES string of the molecule is CCCCn1c(N)c(N(C)CC(=O)NC(C)c2ccc(CC)cc2)c(=O)[nH]c1=O. The monoisotopic (exact) mass is 401 g/mol. The fourth-order valence-electron chi connectivity index (χ4n) is 3.19. The molecule has 0 spiro atoms. The molecular formula is C21H31N5O3. The Labute approximate surface area is 170 Å². The highest BCUT2D eigenvalue weighted by molar-refractivity contribution is 5.82. The van der Waals surface area contributed by atoms with Crippen LogP contribution in [-0.2, 0) is 17.8 Å². The molecule has 0 aliphatic carbocycles. The van der Waals surface area contributed by atoms with Gasteiger partial charge < -0.3 is 16.0 Å². The summed E-state index contributed by atoms with van der Waals surface area (Å²) in [5.41, 5.74) is 7.32. The van der Waals surface area contributed by atoms with Crippen LogP contribution in [0.1, 0.15) is 50.8 Å². The van der Waals surface area contributed by atoms with Gasteiger partial charge in [0.2, 0.25) is 5.91 Å². The number of amides is 1. The Hall–Kier alpha value is -3.03. The van der Waals surface area contributed by atoms with Crippen molar-refractivity contribution in [3.63, 3.8) is 0 Å².